The monoisotopic (exact) mass is 516 g/mol. The molecule has 0 unspecified atom stereocenters. The molecule has 0 saturated carbocycles. The molecule has 0 radical (unpaired) electrons. The Bertz CT molecular complexity index is 1280. The summed E-state index contributed by atoms with van der Waals surface area (Å²) in [6.07, 6.45) is 5.61. The number of carbonyl (C=O) groups is 2. The lowest BCUT2D eigenvalue weighted by molar-refractivity contribution is -0.111. The lowest BCUT2D eigenvalue weighted by Gasteiger charge is -2.33. The number of nitrogens with one attached hydrogen (secondary N) is 1. The normalized spacial score (nSPS) is 16.0. The molecule has 178 valence electrons. The van der Waals surface area contributed by atoms with E-state index in [1.807, 2.05) is 0 Å². The van der Waals surface area contributed by atoms with Crippen LogP contribution in [0.4, 0.5) is 5.00 Å². The molecular weight excluding hydrogens is 491 g/mol. The molecule has 0 saturated heterocycles. The second kappa shape index (κ2) is 9.61. The first kappa shape index (κ1) is 24.6. The average molecular weight is 517 g/mol. The largest absolute Gasteiger partial charge is 0.457 e. The van der Waals surface area contributed by atoms with Crippen molar-refractivity contribution in [1.82, 2.24) is 0 Å². The second-order valence-electron chi connectivity index (χ2n) is 9.53. The Morgan fingerprint density at radius 1 is 1.21 bits per heavy atom. The summed E-state index contributed by atoms with van der Waals surface area (Å²) in [5.41, 5.74) is 7.99. The summed E-state index contributed by atoms with van der Waals surface area (Å²) in [6.45, 7) is 6.71. The maximum absolute atomic E-state index is 12.6. The molecule has 2 aromatic heterocycles. The van der Waals surface area contributed by atoms with Crippen LogP contribution in [0, 0.1) is 11.3 Å². The van der Waals surface area contributed by atoms with Crippen molar-refractivity contribution in [3.8, 4) is 11.3 Å². The molecule has 1 atom stereocenters. The topological polar surface area (TPSA) is 85.3 Å². The van der Waals surface area contributed by atoms with Crippen LogP contribution >= 0.6 is 34.5 Å². The van der Waals surface area contributed by atoms with E-state index < -0.39 is 5.91 Å². The predicted molar refractivity (Wildman–Crippen MR) is 140 cm³/mol. The third kappa shape index (κ3) is 5.24. The number of carbonyl (C=O) groups excluding carboxylic acids is 2. The van der Waals surface area contributed by atoms with Crippen LogP contribution in [0.5, 0.6) is 0 Å². The van der Waals surface area contributed by atoms with Gasteiger partial charge in [-0.05, 0) is 72.6 Å². The number of amides is 2. The molecule has 34 heavy (non-hydrogen) atoms. The average Bonchev–Trinajstić information content (AvgIpc) is 3.35. The molecular formula is C26H26Cl2N2O3S. The summed E-state index contributed by atoms with van der Waals surface area (Å²) in [7, 11) is 0. The highest BCUT2D eigenvalue weighted by atomic mass is 35.5. The van der Waals surface area contributed by atoms with Gasteiger partial charge in [0.15, 0.2) is 0 Å². The van der Waals surface area contributed by atoms with E-state index in [1.54, 1.807) is 36.4 Å². The van der Waals surface area contributed by atoms with Crippen LogP contribution in [0.2, 0.25) is 10.0 Å². The molecule has 1 aliphatic carbocycles. The highest BCUT2D eigenvalue weighted by Crippen LogP contribution is 2.44. The molecule has 1 aliphatic rings. The summed E-state index contributed by atoms with van der Waals surface area (Å²) in [5, 5.41) is 4.37. The Morgan fingerprint density at radius 2 is 1.97 bits per heavy atom. The van der Waals surface area contributed by atoms with Crippen molar-refractivity contribution in [2.24, 2.45) is 17.1 Å². The van der Waals surface area contributed by atoms with Gasteiger partial charge in [0.05, 0.1) is 10.6 Å². The number of rotatable bonds is 5. The van der Waals surface area contributed by atoms with Gasteiger partial charge in [0.25, 0.3) is 5.91 Å². The van der Waals surface area contributed by atoms with Crippen molar-refractivity contribution >= 4 is 57.4 Å². The number of hydrogen-bond donors (Lipinski definition) is 2. The zero-order chi connectivity index (χ0) is 24.6. The first-order chi connectivity index (χ1) is 16.0. The van der Waals surface area contributed by atoms with Gasteiger partial charge < -0.3 is 15.5 Å². The molecule has 0 aliphatic heterocycles. The number of nitrogens with two attached hydrogens (primary N) is 1. The number of anilines is 1. The zero-order valence-corrected chi connectivity index (χ0v) is 21.5. The Labute approximate surface area is 212 Å². The van der Waals surface area contributed by atoms with Gasteiger partial charge in [0.2, 0.25) is 5.91 Å². The van der Waals surface area contributed by atoms with Crippen LogP contribution in [0.25, 0.3) is 17.4 Å². The summed E-state index contributed by atoms with van der Waals surface area (Å²) >= 11 is 13.6. The fraction of sp³-hybridized carbons (Fsp3) is 0.308. The van der Waals surface area contributed by atoms with E-state index in [4.69, 9.17) is 33.4 Å². The molecule has 0 fully saturated rings. The van der Waals surface area contributed by atoms with Crippen LogP contribution in [0.3, 0.4) is 0 Å². The minimum absolute atomic E-state index is 0.179. The molecule has 4 rings (SSSR count). The van der Waals surface area contributed by atoms with E-state index in [9.17, 15) is 9.59 Å². The van der Waals surface area contributed by atoms with Gasteiger partial charge in [-0.1, -0.05) is 44.0 Å². The van der Waals surface area contributed by atoms with Crippen molar-refractivity contribution in [2.75, 3.05) is 5.32 Å². The van der Waals surface area contributed by atoms with E-state index in [0.29, 0.717) is 43.6 Å². The van der Waals surface area contributed by atoms with Gasteiger partial charge in [-0.15, -0.1) is 11.3 Å². The lowest BCUT2D eigenvalue weighted by Crippen LogP contribution is -2.27. The van der Waals surface area contributed by atoms with E-state index >= 15 is 0 Å². The fourth-order valence-electron chi connectivity index (χ4n) is 4.26. The number of benzene rings is 1. The third-order valence-corrected chi connectivity index (χ3v) is 7.91. The van der Waals surface area contributed by atoms with E-state index in [0.717, 1.165) is 29.7 Å². The van der Waals surface area contributed by atoms with E-state index in [-0.39, 0.29) is 11.3 Å². The Morgan fingerprint density at radius 3 is 2.65 bits per heavy atom. The maximum atomic E-state index is 12.6. The molecule has 0 spiro atoms. The third-order valence-electron chi connectivity index (χ3n) is 6.20. The predicted octanol–water partition coefficient (Wildman–Crippen LogP) is 7.22. The lowest BCUT2D eigenvalue weighted by atomic mass is 9.72. The fourth-order valence-corrected chi connectivity index (χ4v) is 6.10. The highest BCUT2D eigenvalue weighted by molar-refractivity contribution is 7.17. The van der Waals surface area contributed by atoms with E-state index in [2.05, 4.69) is 26.1 Å². The summed E-state index contributed by atoms with van der Waals surface area (Å²) in [6, 6.07) is 8.67. The number of thiophene rings is 1. The maximum Gasteiger partial charge on any atom is 0.251 e. The smallest absolute Gasteiger partial charge is 0.251 e. The van der Waals surface area contributed by atoms with Crippen molar-refractivity contribution in [1.29, 1.82) is 0 Å². The van der Waals surface area contributed by atoms with Gasteiger partial charge in [0, 0.05) is 21.5 Å². The minimum Gasteiger partial charge on any atom is -0.457 e. The van der Waals surface area contributed by atoms with Gasteiger partial charge in [0.1, 0.15) is 16.5 Å². The zero-order valence-electron chi connectivity index (χ0n) is 19.2. The van der Waals surface area contributed by atoms with Crippen LogP contribution in [0.15, 0.2) is 40.8 Å². The molecule has 2 heterocycles. The number of fused-ring (bicyclic) bond motifs is 1. The Kier molecular flexibility index (Phi) is 6.94. The van der Waals surface area contributed by atoms with Crippen LogP contribution in [-0.4, -0.2) is 11.8 Å². The van der Waals surface area contributed by atoms with Gasteiger partial charge in [-0.2, -0.15) is 0 Å². The molecule has 2 amide bonds. The van der Waals surface area contributed by atoms with Crippen LogP contribution in [0.1, 0.15) is 53.8 Å². The number of halogens is 2. The minimum atomic E-state index is -0.512. The Hall–Kier alpha value is -2.54. The van der Waals surface area contributed by atoms with Gasteiger partial charge >= 0.3 is 0 Å². The van der Waals surface area contributed by atoms with Crippen molar-refractivity contribution < 1.29 is 14.0 Å². The van der Waals surface area contributed by atoms with Crippen LogP contribution < -0.4 is 11.1 Å². The first-order valence-electron chi connectivity index (χ1n) is 11.0. The highest BCUT2D eigenvalue weighted by Gasteiger charge is 2.33. The first-order valence-corrected chi connectivity index (χ1v) is 12.6. The van der Waals surface area contributed by atoms with Crippen molar-refractivity contribution in [3.63, 3.8) is 0 Å². The summed E-state index contributed by atoms with van der Waals surface area (Å²) in [4.78, 5) is 26.0. The molecule has 3 N–H and O–H groups in total. The van der Waals surface area contributed by atoms with E-state index in [1.165, 1.54) is 17.4 Å². The SMILES string of the molecule is CC(C)(C)[C@H]1CCc2c(sc(NC(=O)/C=C/c3ccc(-c4ccc(Cl)cc4Cl)o3)c2C(N)=O)C1. The van der Waals surface area contributed by atoms with Crippen LogP contribution in [-0.2, 0) is 17.6 Å². The summed E-state index contributed by atoms with van der Waals surface area (Å²) in [5.74, 6) is 0.699. The molecule has 5 nitrogen and oxygen atoms in total. The molecule has 3 aromatic rings. The molecule has 0 bridgehead atoms. The Balaban J connectivity index is 1.50. The molecule has 1 aromatic carbocycles. The number of hydrogen-bond acceptors (Lipinski definition) is 4. The summed E-state index contributed by atoms with van der Waals surface area (Å²) < 4.78 is 5.80. The number of primary amides is 1. The molecule has 8 heteroatoms. The quantitative estimate of drug-likeness (QED) is 0.351. The second-order valence-corrected chi connectivity index (χ2v) is 11.5. The standard InChI is InChI=1S/C26H26Cl2N2O3S/c1-26(2,3)14-4-8-18-21(12-14)34-25(23(18)24(29)32)30-22(31)11-7-16-6-10-20(33-16)17-9-5-15(27)13-19(17)28/h5-7,9-11,13-14H,4,8,12H2,1-3H3,(H2,29,32)(H,30,31)/b11-7+/t14-/m0/s1. The van der Waals surface area contributed by atoms with Crippen molar-refractivity contribution in [2.45, 2.75) is 40.0 Å². The van der Waals surface area contributed by atoms with Gasteiger partial charge in [-0.3, -0.25) is 9.59 Å². The number of furan rings is 1. The van der Waals surface area contributed by atoms with Crippen molar-refractivity contribution in [3.05, 3.63) is 68.2 Å². The van der Waals surface area contributed by atoms with Gasteiger partial charge in [-0.25, -0.2) is 0 Å².